The summed E-state index contributed by atoms with van der Waals surface area (Å²) < 4.78 is 9.88. The molecule has 3 heterocycles. The summed E-state index contributed by atoms with van der Waals surface area (Å²) in [6.45, 7) is -0.398. The molecule has 9 nitrogen and oxygen atoms in total. The Bertz CT molecular complexity index is 865. The Hall–Kier alpha value is -2.31. The van der Waals surface area contributed by atoms with Crippen LogP contribution >= 0.6 is 23.3 Å². The van der Waals surface area contributed by atoms with Gasteiger partial charge in [0.25, 0.3) is 0 Å². The van der Waals surface area contributed by atoms with Gasteiger partial charge in [-0.3, -0.25) is 4.98 Å². The second kappa shape index (κ2) is 9.58. The van der Waals surface area contributed by atoms with Gasteiger partial charge >= 0.3 is 0 Å². The molecular formula is C16H17N5O4S2. The van der Waals surface area contributed by atoms with Gasteiger partial charge in [-0.05, 0) is 18.2 Å². The van der Waals surface area contributed by atoms with E-state index in [0.29, 0.717) is 28.2 Å². The van der Waals surface area contributed by atoms with E-state index in [4.69, 9.17) is 14.9 Å². The first kappa shape index (κ1) is 19.5. The summed E-state index contributed by atoms with van der Waals surface area (Å²) in [7, 11) is 0. The van der Waals surface area contributed by atoms with Gasteiger partial charge in [0.05, 0.1) is 19.4 Å². The lowest BCUT2D eigenvalue weighted by Gasteiger charge is -2.12. The minimum atomic E-state index is -1.13. The third kappa shape index (κ3) is 5.34. The molecule has 142 valence electrons. The predicted molar refractivity (Wildman–Crippen MR) is 102 cm³/mol. The zero-order valence-electron chi connectivity index (χ0n) is 14.0. The standard InChI is InChI=1S/C16H17N5O4S2/c22-4-5-26-11-6-13(25-10-2-1-3-17-7-10)15(18-8-11)20-16-19-14(21-27-16)12(24)9-23/h1-3,6-8,12,22-24H,4-5,9H2,(H,18,19,20,21)/t12-/m1/s1. The molecule has 0 saturated carbocycles. The number of ether oxygens (including phenoxy) is 1. The molecule has 0 aromatic carbocycles. The average molecular weight is 407 g/mol. The maximum Gasteiger partial charge on any atom is 0.208 e. The van der Waals surface area contributed by atoms with Crippen molar-refractivity contribution in [1.29, 1.82) is 0 Å². The summed E-state index contributed by atoms with van der Waals surface area (Å²) in [6, 6.07) is 5.33. The Morgan fingerprint density at radius 2 is 2.19 bits per heavy atom. The van der Waals surface area contributed by atoms with Crippen LogP contribution in [0.15, 0.2) is 41.7 Å². The molecule has 4 N–H and O–H groups in total. The van der Waals surface area contributed by atoms with Crippen LogP contribution in [-0.4, -0.2) is 53.6 Å². The molecule has 3 aromatic heterocycles. The largest absolute Gasteiger partial charge is 0.452 e. The summed E-state index contributed by atoms with van der Waals surface area (Å²) in [6.07, 6.45) is 3.75. The van der Waals surface area contributed by atoms with Crippen LogP contribution in [0.3, 0.4) is 0 Å². The van der Waals surface area contributed by atoms with E-state index in [1.54, 1.807) is 36.8 Å². The number of nitrogens with one attached hydrogen (secondary N) is 1. The molecule has 0 radical (unpaired) electrons. The topological polar surface area (TPSA) is 134 Å². The predicted octanol–water partition coefficient (Wildman–Crippen LogP) is 1.97. The van der Waals surface area contributed by atoms with E-state index in [1.807, 2.05) is 0 Å². The fraction of sp³-hybridized carbons (Fsp3) is 0.250. The highest BCUT2D eigenvalue weighted by atomic mass is 32.2. The Balaban J connectivity index is 1.85. The van der Waals surface area contributed by atoms with Crippen LogP contribution in [0.25, 0.3) is 0 Å². The molecule has 3 rings (SSSR count). The second-order valence-corrected chi connectivity index (χ2v) is 7.08. The van der Waals surface area contributed by atoms with Crippen molar-refractivity contribution < 1.29 is 20.1 Å². The van der Waals surface area contributed by atoms with Gasteiger partial charge in [0, 0.05) is 34.6 Å². The summed E-state index contributed by atoms with van der Waals surface area (Å²) in [5, 5.41) is 31.0. The van der Waals surface area contributed by atoms with E-state index in [-0.39, 0.29) is 12.4 Å². The minimum absolute atomic E-state index is 0.0597. The zero-order valence-corrected chi connectivity index (χ0v) is 15.7. The summed E-state index contributed by atoms with van der Waals surface area (Å²) in [4.78, 5) is 13.4. The molecule has 0 aliphatic heterocycles. The van der Waals surface area contributed by atoms with Gasteiger partial charge in [0.15, 0.2) is 17.4 Å². The van der Waals surface area contributed by atoms with Crippen molar-refractivity contribution in [2.75, 3.05) is 24.3 Å². The molecule has 0 fully saturated rings. The van der Waals surface area contributed by atoms with Crippen LogP contribution in [0.5, 0.6) is 11.5 Å². The van der Waals surface area contributed by atoms with Crippen molar-refractivity contribution in [2.45, 2.75) is 11.0 Å². The third-order valence-electron chi connectivity index (χ3n) is 3.19. The van der Waals surface area contributed by atoms with Crippen molar-refractivity contribution in [3.8, 4) is 11.5 Å². The smallest absolute Gasteiger partial charge is 0.208 e. The molecule has 0 aliphatic rings. The summed E-state index contributed by atoms with van der Waals surface area (Å²) in [5.74, 6) is 2.08. The maximum absolute atomic E-state index is 9.61. The first-order chi connectivity index (χ1) is 13.2. The van der Waals surface area contributed by atoms with Gasteiger partial charge < -0.3 is 25.4 Å². The third-order valence-corrected chi connectivity index (χ3v) is 4.78. The lowest BCUT2D eigenvalue weighted by molar-refractivity contribution is 0.0897. The lowest BCUT2D eigenvalue weighted by atomic mass is 10.4. The number of rotatable bonds is 9. The van der Waals surface area contributed by atoms with E-state index in [1.165, 1.54) is 11.8 Å². The van der Waals surface area contributed by atoms with Gasteiger partial charge in [0.2, 0.25) is 5.13 Å². The SMILES string of the molecule is OCCSc1cnc(Nc2nc([C@H](O)CO)ns2)c(Oc2cccnc2)c1. The van der Waals surface area contributed by atoms with Gasteiger partial charge in [-0.2, -0.15) is 4.37 Å². The van der Waals surface area contributed by atoms with E-state index in [9.17, 15) is 5.11 Å². The molecule has 0 spiro atoms. The molecule has 11 heteroatoms. The van der Waals surface area contributed by atoms with Gasteiger partial charge in [0.1, 0.15) is 11.9 Å². The monoisotopic (exact) mass is 407 g/mol. The zero-order chi connectivity index (χ0) is 19.1. The van der Waals surface area contributed by atoms with Crippen LogP contribution in [-0.2, 0) is 0 Å². The molecule has 27 heavy (non-hydrogen) atoms. The Labute approximate surface area is 163 Å². The van der Waals surface area contributed by atoms with E-state index < -0.39 is 12.7 Å². The number of thioether (sulfide) groups is 1. The van der Waals surface area contributed by atoms with Crippen molar-refractivity contribution in [3.05, 3.63) is 42.6 Å². The van der Waals surface area contributed by atoms with Crippen LogP contribution < -0.4 is 10.1 Å². The minimum Gasteiger partial charge on any atom is -0.452 e. The molecular weight excluding hydrogens is 390 g/mol. The van der Waals surface area contributed by atoms with E-state index in [2.05, 4.69) is 24.6 Å². The number of aliphatic hydroxyl groups is 3. The first-order valence-electron chi connectivity index (χ1n) is 7.90. The molecule has 0 aliphatic carbocycles. The van der Waals surface area contributed by atoms with Crippen molar-refractivity contribution in [1.82, 2.24) is 19.3 Å². The molecule has 0 bridgehead atoms. The lowest BCUT2D eigenvalue weighted by Crippen LogP contribution is -2.04. The fourth-order valence-electron chi connectivity index (χ4n) is 1.98. The van der Waals surface area contributed by atoms with Crippen LogP contribution in [0.2, 0.25) is 0 Å². The number of nitrogens with zero attached hydrogens (tertiary/aromatic N) is 4. The number of hydrogen-bond donors (Lipinski definition) is 4. The van der Waals surface area contributed by atoms with Crippen molar-refractivity contribution in [3.63, 3.8) is 0 Å². The maximum atomic E-state index is 9.61. The van der Waals surface area contributed by atoms with Crippen LogP contribution in [0.1, 0.15) is 11.9 Å². The highest BCUT2D eigenvalue weighted by molar-refractivity contribution is 7.99. The number of aromatic nitrogens is 4. The number of aliphatic hydroxyl groups excluding tert-OH is 3. The van der Waals surface area contributed by atoms with Gasteiger partial charge in [-0.25, -0.2) is 9.97 Å². The summed E-state index contributed by atoms with van der Waals surface area (Å²) in [5.41, 5.74) is 0. The van der Waals surface area contributed by atoms with E-state index >= 15 is 0 Å². The average Bonchev–Trinajstić information content (AvgIpc) is 3.17. The Kier molecular flexibility index (Phi) is 6.90. The molecule has 3 aromatic rings. The molecule has 1 atom stereocenters. The quantitative estimate of drug-likeness (QED) is 0.390. The first-order valence-corrected chi connectivity index (χ1v) is 9.66. The van der Waals surface area contributed by atoms with Gasteiger partial charge in [-0.15, -0.1) is 11.8 Å². The molecule has 0 saturated heterocycles. The van der Waals surface area contributed by atoms with Crippen molar-refractivity contribution >= 4 is 34.2 Å². The molecule has 0 amide bonds. The van der Waals surface area contributed by atoms with Gasteiger partial charge in [-0.1, -0.05) is 0 Å². The highest BCUT2D eigenvalue weighted by Gasteiger charge is 2.15. The Morgan fingerprint density at radius 3 is 2.93 bits per heavy atom. The number of pyridine rings is 2. The van der Waals surface area contributed by atoms with Crippen LogP contribution in [0.4, 0.5) is 10.9 Å². The molecule has 0 unspecified atom stereocenters. The highest BCUT2D eigenvalue weighted by Crippen LogP contribution is 2.34. The normalized spacial score (nSPS) is 12.0. The number of anilines is 2. The van der Waals surface area contributed by atoms with Crippen molar-refractivity contribution in [2.24, 2.45) is 0 Å². The fourth-order valence-corrected chi connectivity index (χ4v) is 3.24. The van der Waals surface area contributed by atoms with E-state index in [0.717, 1.165) is 16.4 Å². The number of hydrogen-bond acceptors (Lipinski definition) is 11. The summed E-state index contributed by atoms with van der Waals surface area (Å²) >= 11 is 2.48. The van der Waals surface area contributed by atoms with Crippen LogP contribution in [0, 0.1) is 0 Å². The second-order valence-electron chi connectivity index (χ2n) is 5.16. The Morgan fingerprint density at radius 1 is 1.30 bits per heavy atom.